The second-order valence-corrected chi connectivity index (χ2v) is 4.25. The summed E-state index contributed by atoms with van der Waals surface area (Å²) in [5.41, 5.74) is 0.464. The first-order chi connectivity index (χ1) is 5.99. The number of Topliss-reactive ketones (excluding diaryl/α,β-unsaturated/α-hetero) is 1. The van der Waals surface area contributed by atoms with Crippen LogP contribution in [0.25, 0.3) is 0 Å². The van der Waals surface area contributed by atoms with Gasteiger partial charge in [-0.3, -0.25) is 9.78 Å². The Labute approximate surface area is 78.2 Å². The molecule has 0 aliphatic rings. The van der Waals surface area contributed by atoms with Crippen LogP contribution in [-0.4, -0.2) is 15.8 Å². The van der Waals surface area contributed by atoms with Crippen LogP contribution in [0.15, 0.2) is 18.6 Å². The number of ketones is 1. The highest BCUT2D eigenvalue weighted by molar-refractivity contribution is 5.94. The Hall–Kier alpha value is -1.25. The lowest BCUT2D eigenvalue weighted by Crippen LogP contribution is -2.14. The molecule has 0 saturated carbocycles. The molecule has 1 aromatic rings. The van der Waals surface area contributed by atoms with E-state index in [2.05, 4.69) is 9.97 Å². The van der Waals surface area contributed by atoms with E-state index in [1.807, 2.05) is 20.8 Å². The quantitative estimate of drug-likeness (QED) is 0.651. The minimum Gasteiger partial charge on any atom is -0.292 e. The summed E-state index contributed by atoms with van der Waals surface area (Å²) in [7, 11) is 0. The molecule has 0 fully saturated rings. The molecule has 13 heavy (non-hydrogen) atoms. The number of carbonyl (C=O) groups excluding carboxylic acids is 1. The maximum absolute atomic E-state index is 11.6. The van der Waals surface area contributed by atoms with E-state index in [4.69, 9.17) is 0 Å². The highest BCUT2D eigenvalue weighted by Gasteiger charge is 2.17. The molecule has 0 N–H and O–H groups in total. The van der Waals surface area contributed by atoms with Crippen LogP contribution in [0.4, 0.5) is 0 Å². The van der Waals surface area contributed by atoms with Gasteiger partial charge >= 0.3 is 0 Å². The fourth-order valence-electron chi connectivity index (χ4n) is 1.02. The van der Waals surface area contributed by atoms with E-state index >= 15 is 0 Å². The summed E-state index contributed by atoms with van der Waals surface area (Å²) < 4.78 is 0. The summed E-state index contributed by atoms with van der Waals surface area (Å²) in [5, 5.41) is 0. The Bertz CT molecular complexity index is 288. The van der Waals surface area contributed by atoms with Crippen LogP contribution >= 0.6 is 0 Å². The zero-order valence-electron chi connectivity index (χ0n) is 8.24. The zero-order chi connectivity index (χ0) is 9.90. The van der Waals surface area contributed by atoms with Crippen molar-refractivity contribution >= 4 is 5.78 Å². The first kappa shape index (κ1) is 9.84. The average molecular weight is 178 g/mol. The molecule has 0 aliphatic carbocycles. The summed E-state index contributed by atoms with van der Waals surface area (Å²) in [6, 6.07) is 0. The summed E-state index contributed by atoms with van der Waals surface area (Å²) in [5.74, 6) is 0.0561. The molecule has 0 spiro atoms. The minimum atomic E-state index is 0.00854. The Morgan fingerprint density at radius 1 is 1.38 bits per heavy atom. The van der Waals surface area contributed by atoms with E-state index in [1.54, 1.807) is 6.20 Å². The van der Waals surface area contributed by atoms with Crippen LogP contribution in [0.1, 0.15) is 37.7 Å². The number of rotatable bonds is 2. The standard InChI is InChI=1S/C10H14N2O/c1-10(2,3)6-9(13)8-7-11-4-5-12-8/h4-5,7H,6H2,1-3H3. The normalized spacial score (nSPS) is 11.3. The number of carbonyl (C=O) groups is 1. The molecule has 0 aromatic carbocycles. The molecule has 1 aromatic heterocycles. The minimum absolute atomic E-state index is 0.00854. The van der Waals surface area contributed by atoms with E-state index in [0.29, 0.717) is 12.1 Å². The fourth-order valence-corrected chi connectivity index (χ4v) is 1.02. The van der Waals surface area contributed by atoms with Gasteiger partial charge in [-0.15, -0.1) is 0 Å². The SMILES string of the molecule is CC(C)(C)CC(=O)c1cnccn1. The van der Waals surface area contributed by atoms with Gasteiger partial charge in [0.25, 0.3) is 0 Å². The van der Waals surface area contributed by atoms with Crippen molar-refractivity contribution in [2.45, 2.75) is 27.2 Å². The topological polar surface area (TPSA) is 42.9 Å². The van der Waals surface area contributed by atoms with E-state index in [1.165, 1.54) is 12.4 Å². The number of nitrogens with zero attached hydrogens (tertiary/aromatic N) is 2. The largest absolute Gasteiger partial charge is 0.292 e. The molecule has 0 unspecified atom stereocenters. The maximum Gasteiger partial charge on any atom is 0.183 e. The van der Waals surface area contributed by atoms with Gasteiger partial charge in [-0.2, -0.15) is 0 Å². The van der Waals surface area contributed by atoms with Crippen molar-refractivity contribution in [3.8, 4) is 0 Å². The molecule has 0 saturated heterocycles. The third-order valence-corrected chi connectivity index (χ3v) is 1.54. The molecule has 0 aliphatic heterocycles. The highest BCUT2D eigenvalue weighted by Crippen LogP contribution is 2.20. The molecule has 3 nitrogen and oxygen atoms in total. The van der Waals surface area contributed by atoms with Gasteiger partial charge in [0.2, 0.25) is 0 Å². The van der Waals surface area contributed by atoms with Gasteiger partial charge in [-0.25, -0.2) is 4.98 Å². The lowest BCUT2D eigenvalue weighted by atomic mass is 9.89. The van der Waals surface area contributed by atoms with Gasteiger partial charge < -0.3 is 0 Å². The number of hydrogen-bond donors (Lipinski definition) is 0. The Balaban J connectivity index is 2.71. The molecule has 3 heteroatoms. The Morgan fingerprint density at radius 3 is 2.54 bits per heavy atom. The molecule has 70 valence electrons. The summed E-state index contributed by atoms with van der Waals surface area (Å²) >= 11 is 0. The van der Waals surface area contributed by atoms with E-state index in [0.717, 1.165) is 0 Å². The van der Waals surface area contributed by atoms with E-state index in [-0.39, 0.29) is 11.2 Å². The zero-order valence-corrected chi connectivity index (χ0v) is 8.24. The number of hydrogen-bond acceptors (Lipinski definition) is 3. The maximum atomic E-state index is 11.6. The molecule has 1 heterocycles. The van der Waals surface area contributed by atoms with Crippen LogP contribution in [0.5, 0.6) is 0 Å². The van der Waals surface area contributed by atoms with E-state index < -0.39 is 0 Å². The Kier molecular flexibility index (Phi) is 2.76. The van der Waals surface area contributed by atoms with Crippen molar-refractivity contribution < 1.29 is 4.79 Å². The third kappa shape index (κ3) is 3.32. The van der Waals surface area contributed by atoms with Gasteiger partial charge in [0.05, 0.1) is 6.20 Å². The van der Waals surface area contributed by atoms with Crippen molar-refractivity contribution in [3.05, 3.63) is 24.3 Å². The Morgan fingerprint density at radius 2 is 2.08 bits per heavy atom. The lowest BCUT2D eigenvalue weighted by Gasteiger charge is -2.15. The predicted molar refractivity (Wildman–Crippen MR) is 50.4 cm³/mol. The molecular formula is C10H14N2O. The summed E-state index contributed by atoms with van der Waals surface area (Å²) in [4.78, 5) is 19.4. The summed E-state index contributed by atoms with van der Waals surface area (Å²) in [6.07, 6.45) is 5.11. The second kappa shape index (κ2) is 3.64. The summed E-state index contributed by atoms with van der Waals surface area (Å²) in [6.45, 7) is 6.09. The van der Waals surface area contributed by atoms with Crippen LogP contribution < -0.4 is 0 Å². The van der Waals surface area contributed by atoms with Crippen molar-refractivity contribution in [1.82, 2.24) is 9.97 Å². The molecule has 0 atom stereocenters. The first-order valence-corrected chi connectivity index (χ1v) is 4.28. The van der Waals surface area contributed by atoms with Crippen molar-refractivity contribution in [2.75, 3.05) is 0 Å². The van der Waals surface area contributed by atoms with Crippen molar-refractivity contribution in [1.29, 1.82) is 0 Å². The second-order valence-electron chi connectivity index (χ2n) is 4.25. The van der Waals surface area contributed by atoms with Crippen LogP contribution in [-0.2, 0) is 0 Å². The first-order valence-electron chi connectivity index (χ1n) is 4.28. The third-order valence-electron chi connectivity index (χ3n) is 1.54. The molecule has 0 radical (unpaired) electrons. The number of aromatic nitrogens is 2. The lowest BCUT2D eigenvalue weighted by molar-refractivity contribution is 0.0934. The fraction of sp³-hybridized carbons (Fsp3) is 0.500. The molecule has 0 amide bonds. The van der Waals surface area contributed by atoms with Crippen LogP contribution in [0, 0.1) is 5.41 Å². The average Bonchev–Trinajstić information content (AvgIpc) is 2.03. The van der Waals surface area contributed by atoms with Gasteiger partial charge in [-0.05, 0) is 5.41 Å². The van der Waals surface area contributed by atoms with Crippen molar-refractivity contribution in [3.63, 3.8) is 0 Å². The molecule has 1 rings (SSSR count). The highest BCUT2D eigenvalue weighted by atomic mass is 16.1. The molecular weight excluding hydrogens is 164 g/mol. The predicted octanol–water partition coefficient (Wildman–Crippen LogP) is 2.10. The van der Waals surface area contributed by atoms with Gasteiger partial charge in [0.15, 0.2) is 5.78 Å². The van der Waals surface area contributed by atoms with Gasteiger partial charge in [0.1, 0.15) is 5.69 Å². The van der Waals surface area contributed by atoms with Crippen LogP contribution in [0.2, 0.25) is 0 Å². The van der Waals surface area contributed by atoms with E-state index in [9.17, 15) is 4.79 Å². The monoisotopic (exact) mass is 178 g/mol. The molecule has 0 bridgehead atoms. The van der Waals surface area contributed by atoms with Gasteiger partial charge in [0, 0.05) is 18.8 Å². The smallest absolute Gasteiger partial charge is 0.183 e. The van der Waals surface area contributed by atoms with Gasteiger partial charge in [-0.1, -0.05) is 20.8 Å². The van der Waals surface area contributed by atoms with Crippen LogP contribution in [0.3, 0.4) is 0 Å². The van der Waals surface area contributed by atoms with Crippen molar-refractivity contribution in [2.24, 2.45) is 5.41 Å².